The summed E-state index contributed by atoms with van der Waals surface area (Å²) in [6.07, 6.45) is 3.07. The third-order valence-electron chi connectivity index (χ3n) is 7.36. The number of alkyl halides is 1. The maximum atomic E-state index is 12.8. The van der Waals surface area contributed by atoms with Gasteiger partial charge in [-0.15, -0.1) is 11.6 Å². The van der Waals surface area contributed by atoms with Crippen LogP contribution in [0.1, 0.15) is 60.8 Å². The summed E-state index contributed by atoms with van der Waals surface area (Å²) in [5.41, 5.74) is 0.348. The van der Waals surface area contributed by atoms with Crippen LogP contribution >= 0.6 is 11.6 Å². The monoisotopic (exact) mass is 282 g/mol. The van der Waals surface area contributed by atoms with Crippen LogP contribution in [0.5, 0.6) is 0 Å². The third-order valence-corrected chi connectivity index (χ3v) is 8.24. The average molecular weight is 283 g/mol. The largest absolute Gasteiger partial charge is 0.298 e. The molecule has 0 saturated heterocycles. The second-order valence-electron chi connectivity index (χ2n) is 9.04. The zero-order chi connectivity index (χ0) is 14.4. The van der Waals surface area contributed by atoms with Crippen LogP contribution in [-0.2, 0) is 4.79 Å². The molecular formula is C17H27ClO. The molecule has 3 fully saturated rings. The van der Waals surface area contributed by atoms with E-state index in [9.17, 15) is 4.79 Å². The van der Waals surface area contributed by atoms with Crippen LogP contribution in [0.15, 0.2) is 0 Å². The highest BCUT2D eigenvalue weighted by molar-refractivity contribution is 6.37. The predicted molar refractivity (Wildman–Crippen MR) is 79.3 cm³/mol. The van der Waals surface area contributed by atoms with E-state index in [2.05, 4.69) is 41.5 Å². The van der Waals surface area contributed by atoms with Crippen LogP contribution in [-0.4, -0.2) is 10.7 Å². The van der Waals surface area contributed by atoms with Crippen molar-refractivity contribution in [2.75, 3.05) is 0 Å². The summed E-state index contributed by atoms with van der Waals surface area (Å²) in [7, 11) is 0. The number of carbonyl (C=O) groups is 1. The molecule has 0 aromatic carbocycles. The Bertz CT molecular complexity index is 447. The molecule has 0 aromatic rings. The first-order chi connectivity index (χ1) is 8.48. The molecule has 0 aromatic heterocycles. The Labute approximate surface area is 122 Å². The summed E-state index contributed by atoms with van der Waals surface area (Å²) in [5, 5.41) is 0. The molecular weight excluding hydrogens is 256 g/mol. The Hall–Kier alpha value is -0.0400. The molecule has 0 heterocycles. The van der Waals surface area contributed by atoms with E-state index >= 15 is 0 Å². The lowest BCUT2D eigenvalue weighted by atomic mass is 9.65. The topological polar surface area (TPSA) is 17.1 Å². The van der Waals surface area contributed by atoms with Crippen molar-refractivity contribution in [3.8, 4) is 0 Å². The van der Waals surface area contributed by atoms with E-state index in [0.717, 1.165) is 6.42 Å². The van der Waals surface area contributed by atoms with E-state index in [1.54, 1.807) is 0 Å². The minimum absolute atomic E-state index is 0.0199. The van der Waals surface area contributed by atoms with Crippen molar-refractivity contribution in [2.24, 2.45) is 34.0 Å². The first kappa shape index (κ1) is 13.9. The fourth-order valence-corrected chi connectivity index (χ4v) is 6.55. The summed E-state index contributed by atoms with van der Waals surface area (Å²) in [6.45, 7) is 13.8. The van der Waals surface area contributed by atoms with Gasteiger partial charge in [0, 0.05) is 6.42 Å². The quantitative estimate of drug-likeness (QED) is 0.590. The molecule has 3 rings (SSSR count). The lowest BCUT2D eigenvalue weighted by molar-refractivity contribution is -0.123. The highest BCUT2D eigenvalue weighted by Crippen LogP contribution is 2.78. The summed E-state index contributed by atoms with van der Waals surface area (Å²) < 4.78 is 0. The summed E-state index contributed by atoms with van der Waals surface area (Å²) in [5.74, 6) is 1.78. The summed E-state index contributed by atoms with van der Waals surface area (Å²) in [6, 6.07) is 0. The minimum atomic E-state index is -0.586. The third kappa shape index (κ3) is 1.27. The Morgan fingerprint density at radius 3 is 2.32 bits per heavy atom. The smallest absolute Gasteiger partial charge is 0.154 e. The van der Waals surface area contributed by atoms with Gasteiger partial charge in [-0.05, 0) is 46.8 Å². The highest BCUT2D eigenvalue weighted by atomic mass is 35.5. The maximum absolute atomic E-state index is 12.8. The van der Waals surface area contributed by atoms with Gasteiger partial charge in [0.25, 0.3) is 0 Å². The molecule has 3 aliphatic rings. The number of hydrogen-bond donors (Lipinski definition) is 0. The number of hydrogen-bond acceptors (Lipinski definition) is 1. The average Bonchev–Trinajstić information content (AvgIpc) is 2.70. The molecule has 0 amide bonds. The molecule has 1 nitrogen and oxygen atoms in total. The fraction of sp³-hybridized carbons (Fsp3) is 0.941. The first-order valence-electron chi connectivity index (χ1n) is 7.70. The molecule has 3 aliphatic carbocycles. The van der Waals surface area contributed by atoms with Crippen LogP contribution in [0, 0.1) is 34.0 Å². The van der Waals surface area contributed by atoms with Crippen molar-refractivity contribution in [1.29, 1.82) is 0 Å². The van der Waals surface area contributed by atoms with Gasteiger partial charge < -0.3 is 0 Å². The molecule has 0 spiro atoms. The van der Waals surface area contributed by atoms with Crippen LogP contribution in [0.25, 0.3) is 0 Å². The molecule has 0 N–H and O–H groups in total. The van der Waals surface area contributed by atoms with E-state index in [-0.39, 0.29) is 16.2 Å². The zero-order valence-corrected chi connectivity index (χ0v) is 13.9. The van der Waals surface area contributed by atoms with Gasteiger partial charge in [0.1, 0.15) is 4.87 Å². The zero-order valence-electron chi connectivity index (χ0n) is 13.1. The van der Waals surface area contributed by atoms with E-state index in [0.29, 0.717) is 30.0 Å². The number of carbonyl (C=O) groups excluding carboxylic acids is 1. The van der Waals surface area contributed by atoms with Gasteiger partial charge in [-0.3, -0.25) is 4.79 Å². The number of Topliss-reactive ketones (excluding diaryl/α,β-unsaturated/α-hetero) is 1. The van der Waals surface area contributed by atoms with E-state index in [4.69, 9.17) is 11.6 Å². The van der Waals surface area contributed by atoms with Gasteiger partial charge in [-0.2, -0.15) is 0 Å². The van der Waals surface area contributed by atoms with Crippen molar-refractivity contribution in [3.63, 3.8) is 0 Å². The van der Waals surface area contributed by atoms with Gasteiger partial charge in [-0.25, -0.2) is 0 Å². The molecule has 19 heavy (non-hydrogen) atoms. The van der Waals surface area contributed by atoms with Crippen molar-refractivity contribution in [3.05, 3.63) is 0 Å². The standard InChI is InChI=1S/C17H27ClO/c1-14(2,3)11-9-12(19)17(18)13(11)10-7-8-16(17,6)15(10,4)5/h10-11,13H,7-9H2,1-6H3/t10-,11+,13-,16-,17-/m1/s1. The molecule has 108 valence electrons. The number of ketones is 1. The van der Waals surface area contributed by atoms with Gasteiger partial charge >= 0.3 is 0 Å². The Morgan fingerprint density at radius 2 is 1.79 bits per heavy atom. The second kappa shape index (κ2) is 3.40. The molecule has 3 saturated carbocycles. The van der Waals surface area contributed by atoms with Crippen LogP contribution in [0.4, 0.5) is 0 Å². The van der Waals surface area contributed by atoms with Crippen molar-refractivity contribution >= 4 is 17.4 Å². The SMILES string of the molecule is CC(C)(C)[C@H]1CC(=O)[C@@]2(Cl)[C@@H]1[C@H]1CC[C@]2(C)C1(C)C. The second-order valence-corrected chi connectivity index (χ2v) is 9.63. The maximum Gasteiger partial charge on any atom is 0.154 e. The number of rotatable bonds is 0. The lowest BCUT2D eigenvalue weighted by Gasteiger charge is -2.44. The Morgan fingerprint density at radius 1 is 1.21 bits per heavy atom. The van der Waals surface area contributed by atoms with Crippen LogP contribution < -0.4 is 0 Å². The number of fused-ring (bicyclic) bond motifs is 5. The van der Waals surface area contributed by atoms with Gasteiger partial charge in [-0.1, -0.05) is 41.5 Å². The van der Waals surface area contributed by atoms with E-state index in [1.807, 2.05) is 0 Å². The lowest BCUT2D eigenvalue weighted by Crippen LogP contribution is -2.49. The molecule has 0 radical (unpaired) electrons. The molecule has 2 bridgehead atoms. The van der Waals surface area contributed by atoms with Crippen molar-refractivity contribution in [1.82, 2.24) is 0 Å². The van der Waals surface area contributed by atoms with Gasteiger partial charge in [0.2, 0.25) is 0 Å². The van der Waals surface area contributed by atoms with Gasteiger partial charge in [0.05, 0.1) is 0 Å². The molecule has 0 unspecified atom stereocenters. The van der Waals surface area contributed by atoms with Crippen LogP contribution in [0.2, 0.25) is 0 Å². The summed E-state index contributed by atoms with van der Waals surface area (Å²) >= 11 is 7.09. The Kier molecular flexibility index (Phi) is 2.49. The van der Waals surface area contributed by atoms with E-state index in [1.165, 1.54) is 6.42 Å². The molecule has 5 atom stereocenters. The Balaban J connectivity index is 2.16. The van der Waals surface area contributed by atoms with Crippen molar-refractivity contribution in [2.45, 2.75) is 65.7 Å². The van der Waals surface area contributed by atoms with Crippen molar-refractivity contribution < 1.29 is 4.79 Å². The molecule has 2 heteroatoms. The minimum Gasteiger partial charge on any atom is -0.298 e. The van der Waals surface area contributed by atoms with E-state index < -0.39 is 4.87 Å². The predicted octanol–water partition coefficient (Wildman–Crippen LogP) is 4.67. The first-order valence-corrected chi connectivity index (χ1v) is 8.08. The number of halogens is 1. The highest BCUT2D eigenvalue weighted by Gasteiger charge is 2.79. The molecule has 0 aliphatic heterocycles. The fourth-order valence-electron chi connectivity index (χ4n) is 5.83. The van der Waals surface area contributed by atoms with Crippen LogP contribution in [0.3, 0.4) is 0 Å². The van der Waals surface area contributed by atoms with Gasteiger partial charge in [0.15, 0.2) is 5.78 Å². The summed E-state index contributed by atoms with van der Waals surface area (Å²) in [4.78, 5) is 12.2. The normalized spacial score (nSPS) is 51.7.